The summed E-state index contributed by atoms with van der Waals surface area (Å²) in [6, 6.07) is 12.6. The van der Waals surface area contributed by atoms with Gasteiger partial charge in [-0.1, -0.05) is 35.9 Å². The lowest BCUT2D eigenvalue weighted by molar-refractivity contribution is 0.238. The number of aryl methyl sites for hydroxylation is 1. The summed E-state index contributed by atoms with van der Waals surface area (Å²) < 4.78 is 2.33. The summed E-state index contributed by atoms with van der Waals surface area (Å²) >= 11 is 5.91. The van der Waals surface area contributed by atoms with Crippen molar-refractivity contribution in [1.82, 2.24) is 19.8 Å². The molecule has 0 atom stereocenters. The van der Waals surface area contributed by atoms with Crippen molar-refractivity contribution in [2.45, 2.75) is 19.4 Å². The molecular weight excluding hydrogens is 344 g/mol. The zero-order valence-electron chi connectivity index (χ0n) is 15.0. The maximum Gasteiger partial charge on any atom is 0.129 e. The number of rotatable bonds is 6. The molecule has 2 aromatic heterocycles. The predicted molar refractivity (Wildman–Crippen MR) is 108 cm³/mol. The van der Waals surface area contributed by atoms with E-state index in [1.807, 2.05) is 18.3 Å². The molecule has 0 bridgehead atoms. The van der Waals surface area contributed by atoms with E-state index < -0.39 is 0 Å². The molecule has 1 aliphatic rings. The molecule has 4 rings (SSSR count). The molecule has 0 aliphatic carbocycles. The molecule has 1 aromatic carbocycles. The van der Waals surface area contributed by atoms with Gasteiger partial charge in [0.25, 0.3) is 0 Å². The van der Waals surface area contributed by atoms with Crippen LogP contribution >= 0.6 is 11.6 Å². The van der Waals surface area contributed by atoms with Gasteiger partial charge in [0.15, 0.2) is 0 Å². The van der Waals surface area contributed by atoms with Gasteiger partial charge in [0, 0.05) is 56.0 Å². The number of piperazine rings is 1. The van der Waals surface area contributed by atoms with E-state index >= 15 is 0 Å². The van der Waals surface area contributed by atoms with Gasteiger partial charge >= 0.3 is 0 Å². The minimum Gasteiger partial charge on any atom is -0.343 e. The van der Waals surface area contributed by atoms with E-state index in [0.29, 0.717) is 5.15 Å². The van der Waals surface area contributed by atoms with E-state index in [9.17, 15) is 0 Å². The molecule has 1 saturated heterocycles. The molecule has 0 saturated carbocycles. The Balaban J connectivity index is 1.49. The van der Waals surface area contributed by atoms with Crippen molar-refractivity contribution < 1.29 is 0 Å². The highest BCUT2D eigenvalue weighted by molar-refractivity contribution is 6.29. The lowest BCUT2D eigenvalue weighted by Gasteiger charge is -2.26. The number of benzene rings is 1. The van der Waals surface area contributed by atoms with Gasteiger partial charge < -0.3 is 14.8 Å². The summed E-state index contributed by atoms with van der Waals surface area (Å²) in [5, 5.41) is 5.33. The minimum absolute atomic E-state index is 0.541. The van der Waals surface area contributed by atoms with Gasteiger partial charge in [-0.15, -0.1) is 0 Å². The number of hydrogen-bond acceptors (Lipinski definition) is 3. The molecular formula is C21H25ClN4. The SMILES string of the molecule is Clc1ccc(Cn2cc(CCCN3CCNCC3)c3ccccc32)cn1. The summed E-state index contributed by atoms with van der Waals surface area (Å²) in [6.07, 6.45) is 6.50. The van der Waals surface area contributed by atoms with Gasteiger partial charge in [0.05, 0.1) is 0 Å². The standard InChI is InChI=1S/C21H25ClN4/c22-21-8-7-17(14-24-21)15-26-16-18(19-5-1-2-6-20(19)26)4-3-11-25-12-9-23-10-13-25/h1-2,5-8,14,16,23H,3-4,9-13,15H2. The van der Waals surface area contributed by atoms with E-state index in [2.05, 4.69) is 50.2 Å². The van der Waals surface area contributed by atoms with Crippen LogP contribution in [0.3, 0.4) is 0 Å². The van der Waals surface area contributed by atoms with Gasteiger partial charge in [0.2, 0.25) is 0 Å². The summed E-state index contributed by atoms with van der Waals surface area (Å²) in [5.74, 6) is 0. The van der Waals surface area contributed by atoms with Gasteiger partial charge in [-0.2, -0.15) is 0 Å². The minimum atomic E-state index is 0.541. The molecule has 0 unspecified atom stereocenters. The predicted octanol–water partition coefficient (Wildman–Crippen LogP) is 3.58. The number of nitrogens with zero attached hydrogens (tertiary/aromatic N) is 3. The van der Waals surface area contributed by atoms with Crippen LogP contribution in [0.4, 0.5) is 0 Å². The number of halogens is 1. The molecule has 3 heterocycles. The van der Waals surface area contributed by atoms with Crippen molar-refractivity contribution >= 4 is 22.5 Å². The largest absolute Gasteiger partial charge is 0.343 e. The molecule has 26 heavy (non-hydrogen) atoms. The second-order valence-electron chi connectivity index (χ2n) is 6.98. The van der Waals surface area contributed by atoms with E-state index in [-0.39, 0.29) is 0 Å². The van der Waals surface area contributed by atoms with Crippen LogP contribution < -0.4 is 5.32 Å². The van der Waals surface area contributed by atoms with Gasteiger partial charge in [0.1, 0.15) is 5.15 Å². The lowest BCUT2D eigenvalue weighted by atomic mass is 10.1. The van der Waals surface area contributed by atoms with Crippen molar-refractivity contribution in [1.29, 1.82) is 0 Å². The Bertz CT molecular complexity index is 850. The summed E-state index contributed by atoms with van der Waals surface area (Å²) in [4.78, 5) is 6.77. The zero-order valence-corrected chi connectivity index (χ0v) is 15.8. The second kappa shape index (κ2) is 8.21. The van der Waals surface area contributed by atoms with E-state index in [4.69, 9.17) is 11.6 Å². The Kier molecular flexibility index (Phi) is 5.54. The molecule has 3 aromatic rings. The fraction of sp³-hybridized carbons (Fsp3) is 0.381. The Morgan fingerprint density at radius 3 is 2.73 bits per heavy atom. The van der Waals surface area contributed by atoms with Crippen molar-refractivity contribution in [3.8, 4) is 0 Å². The number of aromatic nitrogens is 2. The molecule has 1 fully saturated rings. The number of nitrogens with one attached hydrogen (secondary N) is 1. The molecule has 1 N–H and O–H groups in total. The van der Waals surface area contributed by atoms with E-state index in [1.54, 1.807) is 0 Å². The summed E-state index contributed by atoms with van der Waals surface area (Å²) in [6.45, 7) is 6.59. The van der Waals surface area contributed by atoms with Crippen LogP contribution in [-0.2, 0) is 13.0 Å². The summed E-state index contributed by atoms with van der Waals surface area (Å²) in [7, 11) is 0. The van der Waals surface area contributed by atoms with Crippen LogP contribution in [-0.4, -0.2) is 47.2 Å². The average molecular weight is 369 g/mol. The van der Waals surface area contributed by atoms with Gasteiger partial charge in [-0.3, -0.25) is 0 Å². The Morgan fingerprint density at radius 1 is 1.08 bits per heavy atom. The fourth-order valence-electron chi connectivity index (χ4n) is 3.78. The zero-order chi connectivity index (χ0) is 17.8. The van der Waals surface area contributed by atoms with Gasteiger partial charge in [-0.05, 0) is 42.6 Å². The fourth-order valence-corrected chi connectivity index (χ4v) is 3.89. The third kappa shape index (κ3) is 4.09. The van der Waals surface area contributed by atoms with Crippen molar-refractivity contribution in [2.24, 2.45) is 0 Å². The maximum atomic E-state index is 5.91. The van der Waals surface area contributed by atoms with Crippen LogP contribution in [0.2, 0.25) is 5.15 Å². The van der Waals surface area contributed by atoms with Crippen LogP contribution in [0.5, 0.6) is 0 Å². The quantitative estimate of drug-likeness (QED) is 0.675. The van der Waals surface area contributed by atoms with Crippen LogP contribution in [0.15, 0.2) is 48.8 Å². The first-order valence-corrected chi connectivity index (χ1v) is 9.78. The molecule has 0 radical (unpaired) electrons. The first-order chi connectivity index (χ1) is 12.8. The average Bonchev–Trinajstić information content (AvgIpc) is 3.02. The monoisotopic (exact) mass is 368 g/mol. The van der Waals surface area contributed by atoms with Crippen LogP contribution in [0, 0.1) is 0 Å². The summed E-state index contributed by atoms with van der Waals surface area (Å²) in [5.41, 5.74) is 3.90. The normalized spacial score (nSPS) is 15.6. The third-order valence-corrected chi connectivity index (χ3v) is 5.37. The molecule has 1 aliphatic heterocycles. The Morgan fingerprint density at radius 2 is 1.92 bits per heavy atom. The molecule has 0 spiro atoms. The highest BCUT2D eigenvalue weighted by Gasteiger charge is 2.11. The Labute approximate surface area is 159 Å². The van der Waals surface area contributed by atoms with Crippen molar-refractivity contribution in [2.75, 3.05) is 32.7 Å². The van der Waals surface area contributed by atoms with Crippen LogP contribution in [0.25, 0.3) is 10.9 Å². The van der Waals surface area contributed by atoms with Crippen molar-refractivity contribution in [3.05, 3.63) is 65.1 Å². The first-order valence-electron chi connectivity index (χ1n) is 9.40. The second-order valence-corrected chi connectivity index (χ2v) is 7.37. The highest BCUT2D eigenvalue weighted by atomic mass is 35.5. The number of pyridine rings is 1. The smallest absolute Gasteiger partial charge is 0.129 e. The topological polar surface area (TPSA) is 33.1 Å². The molecule has 5 heteroatoms. The molecule has 136 valence electrons. The Hall–Kier alpha value is -1.88. The highest BCUT2D eigenvalue weighted by Crippen LogP contribution is 2.24. The maximum absolute atomic E-state index is 5.91. The van der Waals surface area contributed by atoms with E-state index in [0.717, 1.165) is 26.1 Å². The molecule has 0 amide bonds. The first kappa shape index (κ1) is 17.5. The van der Waals surface area contributed by atoms with Crippen molar-refractivity contribution in [3.63, 3.8) is 0 Å². The number of fused-ring (bicyclic) bond motifs is 1. The number of hydrogen-bond donors (Lipinski definition) is 1. The van der Waals surface area contributed by atoms with Gasteiger partial charge in [-0.25, -0.2) is 4.98 Å². The van der Waals surface area contributed by atoms with Crippen LogP contribution in [0.1, 0.15) is 17.5 Å². The lowest BCUT2D eigenvalue weighted by Crippen LogP contribution is -2.43. The molecule has 4 nitrogen and oxygen atoms in total. The van der Waals surface area contributed by atoms with E-state index in [1.165, 1.54) is 48.1 Å². The third-order valence-electron chi connectivity index (χ3n) is 5.14. The number of para-hydroxylation sites is 1.